The van der Waals surface area contributed by atoms with Crippen LogP contribution in [0.4, 0.5) is 10.8 Å². The minimum absolute atomic E-state index is 0.156. The number of anilines is 2. The molecule has 0 radical (unpaired) electrons. The van der Waals surface area contributed by atoms with E-state index in [0.29, 0.717) is 10.8 Å². The van der Waals surface area contributed by atoms with Crippen molar-refractivity contribution >= 4 is 28.3 Å². The zero-order valence-corrected chi connectivity index (χ0v) is 8.73. The van der Waals surface area contributed by atoms with E-state index in [9.17, 15) is 4.79 Å². The summed E-state index contributed by atoms with van der Waals surface area (Å²) in [5, 5.41) is 6.70. The third-order valence-electron chi connectivity index (χ3n) is 1.61. The fraction of sp³-hybridized carbons (Fsp3) is 0. The van der Waals surface area contributed by atoms with Crippen molar-refractivity contribution in [3.8, 4) is 0 Å². The highest BCUT2D eigenvalue weighted by molar-refractivity contribution is 7.10. The Hall–Kier alpha value is -2.13. The maximum atomic E-state index is 11.6. The molecule has 0 aromatic carbocycles. The van der Waals surface area contributed by atoms with Gasteiger partial charge in [0.2, 0.25) is 0 Å². The number of aromatic nitrogens is 4. The zero-order chi connectivity index (χ0) is 11.4. The van der Waals surface area contributed by atoms with E-state index < -0.39 is 5.91 Å². The molecule has 0 aliphatic carbocycles. The molecule has 9 heteroatoms. The average molecular weight is 237 g/mol. The maximum Gasteiger partial charge on any atom is 0.276 e. The van der Waals surface area contributed by atoms with Crippen LogP contribution in [0.3, 0.4) is 0 Å². The van der Waals surface area contributed by atoms with E-state index in [1.807, 2.05) is 0 Å². The molecule has 2 rings (SSSR count). The average Bonchev–Trinajstić information content (AvgIpc) is 2.82. The lowest BCUT2D eigenvalue weighted by Gasteiger charge is -2.02. The van der Waals surface area contributed by atoms with Crippen molar-refractivity contribution in [2.75, 3.05) is 10.7 Å². The highest BCUT2D eigenvalue weighted by atomic mass is 32.1. The van der Waals surface area contributed by atoms with Crippen molar-refractivity contribution in [2.45, 2.75) is 0 Å². The summed E-state index contributed by atoms with van der Waals surface area (Å²) in [6.45, 7) is 0. The molecule has 2 aromatic heterocycles. The monoisotopic (exact) mass is 237 g/mol. The Morgan fingerprint density at radius 2 is 2.25 bits per heavy atom. The van der Waals surface area contributed by atoms with Gasteiger partial charge in [0, 0.05) is 11.5 Å². The third-order valence-corrected chi connectivity index (χ3v) is 2.19. The molecule has 4 N–H and O–H groups in total. The molecule has 0 bridgehead atoms. The van der Waals surface area contributed by atoms with Gasteiger partial charge in [0.25, 0.3) is 5.91 Å². The van der Waals surface area contributed by atoms with Crippen LogP contribution < -0.4 is 16.6 Å². The first-order chi connectivity index (χ1) is 7.79. The van der Waals surface area contributed by atoms with Gasteiger partial charge < -0.3 is 10.7 Å². The second kappa shape index (κ2) is 4.59. The molecule has 82 valence electrons. The predicted molar refractivity (Wildman–Crippen MR) is 57.7 cm³/mol. The molecule has 0 aliphatic heterocycles. The van der Waals surface area contributed by atoms with Gasteiger partial charge >= 0.3 is 0 Å². The van der Waals surface area contributed by atoms with Crippen molar-refractivity contribution in [3.05, 3.63) is 24.3 Å². The summed E-state index contributed by atoms with van der Waals surface area (Å²) in [5.41, 5.74) is 2.46. The van der Waals surface area contributed by atoms with Crippen molar-refractivity contribution in [3.63, 3.8) is 0 Å². The highest BCUT2D eigenvalue weighted by Crippen LogP contribution is 2.10. The molecule has 2 heterocycles. The van der Waals surface area contributed by atoms with Crippen LogP contribution in [0.1, 0.15) is 10.5 Å². The quantitative estimate of drug-likeness (QED) is 0.502. The second-order valence-electron chi connectivity index (χ2n) is 2.67. The van der Waals surface area contributed by atoms with Crippen molar-refractivity contribution in [1.82, 2.24) is 19.6 Å². The molecule has 16 heavy (non-hydrogen) atoms. The van der Waals surface area contributed by atoms with Crippen LogP contribution in [0.25, 0.3) is 0 Å². The summed E-state index contributed by atoms with van der Waals surface area (Å²) < 4.78 is 3.61. The molecule has 0 aliphatic rings. The van der Waals surface area contributed by atoms with Gasteiger partial charge in [-0.25, -0.2) is 10.8 Å². The Balaban J connectivity index is 2.14. The van der Waals surface area contributed by atoms with Gasteiger partial charge in [-0.1, -0.05) is 4.49 Å². The topological polar surface area (TPSA) is 119 Å². The summed E-state index contributed by atoms with van der Waals surface area (Å²) in [7, 11) is 0. The lowest BCUT2D eigenvalue weighted by molar-refractivity contribution is 0.102. The van der Waals surface area contributed by atoms with E-state index in [-0.39, 0.29) is 5.69 Å². The Morgan fingerprint density at radius 1 is 1.38 bits per heavy atom. The standard InChI is InChI=1S/C7H7N7OS/c8-13-5-2-9-1-4(11-5)7(15)12-6-3-10-14-16-6/h1-3H,8H2,(H,11,13)(H,12,15). The molecule has 8 nitrogen and oxygen atoms in total. The second-order valence-corrected chi connectivity index (χ2v) is 3.46. The van der Waals surface area contributed by atoms with Crippen LogP contribution in [0.5, 0.6) is 0 Å². The molecular formula is C7H7N7OS. The number of amides is 1. The third kappa shape index (κ3) is 2.27. The van der Waals surface area contributed by atoms with Crippen molar-refractivity contribution < 1.29 is 4.79 Å². The Morgan fingerprint density at radius 3 is 2.94 bits per heavy atom. The van der Waals surface area contributed by atoms with Gasteiger partial charge in [0.05, 0.1) is 18.6 Å². The zero-order valence-electron chi connectivity index (χ0n) is 7.91. The Bertz CT molecular complexity index is 485. The van der Waals surface area contributed by atoms with Gasteiger partial charge in [-0.05, 0) is 0 Å². The SMILES string of the molecule is NNc1cncc(C(=O)Nc2cnns2)n1. The maximum absolute atomic E-state index is 11.6. The minimum atomic E-state index is -0.393. The molecule has 0 saturated heterocycles. The van der Waals surface area contributed by atoms with E-state index in [1.165, 1.54) is 18.6 Å². The molecule has 0 fully saturated rings. The van der Waals surface area contributed by atoms with Gasteiger partial charge in [-0.2, -0.15) is 0 Å². The van der Waals surface area contributed by atoms with E-state index in [0.717, 1.165) is 11.5 Å². The van der Waals surface area contributed by atoms with E-state index in [4.69, 9.17) is 5.84 Å². The fourth-order valence-corrected chi connectivity index (χ4v) is 1.36. The lowest BCUT2D eigenvalue weighted by Crippen LogP contribution is -2.16. The number of hydrazine groups is 1. The molecule has 0 saturated carbocycles. The number of carbonyl (C=O) groups excluding carboxylic acids is 1. The first kappa shape index (κ1) is 10.4. The molecule has 0 unspecified atom stereocenters. The van der Waals surface area contributed by atoms with Crippen LogP contribution in [-0.4, -0.2) is 25.5 Å². The van der Waals surface area contributed by atoms with Gasteiger partial charge in [-0.3, -0.25) is 9.78 Å². The van der Waals surface area contributed by atoms with Crippen LogP contribution in [-0.2, 0) is 0 Å². The number of nitrogens with one attached hydrogen (secondary N) is 2. The van der Waals surface area contributed by atoms with E-state index >= 15 is 0 Å². The molecular weight excluding hydrogens is 230 g/mol. The smallest absolute Gasteiger partial charge is 0.276 e. The number of hydrogen-bond acceptors (Lipinski definition) is 8. The van der Waals surface area contributed by atoms with E-state index in [1.54, 1.807) is 0 Å². The van der Waals surface area contributed by atoms with E-state index in [2.05, 4.69) is 30.3 Å². The number of carbonyl (C=O) groups is 1. The van der Waals surface area contributed by atoms with Crippen LogP contribution in [0, 0.1) is 0 Å². The number of nitrogens with two attached hydrogens (primary N) is 1. The summed E-state index contributed by atoms with van der Waals surface area (Å²) in [6, 6.07) is 0. The summed E-state index contributed by atoms with van der Waals surface area (Å²) in [6.07, 6.45) is 4.19. The van der Waals surface area contributed by atoms with Gasteiger partial charge in [-0.15, -0.1) is 5.10 Å². The molecule has 2 aromatic rings. The van der Waals surface area contributed by atoms with Gasteiger partial charge in [0.15, 0.2) is 5.82 Å². The van der Waals surface area contributed by atoms with Crippen LogP contribution in [0.2, 0.25) is 0 Å². The predicted octanol–water partition coefficient (Wildman–Crippen LogP) is -0.134. The fourth-order valence-electron chi connectivity index (χ4n) is 0.943. The first-order valence-corrected chi connectivity index (χ1v) is 4.94. The van der Waals surface area contributed by atoms with Crippen molar-refractivity contribution in [2.24, 2.45) is 5.84 Å². The number of nitrogen functional groups attached to an aromatic ring is 1. The largest absolute Gasteiger partial charge is 0.310 e. The highest BCUT2D eigenvalue weighted by Gasteiger charge is 2.09. The molecule has 0 spiro atoms. The lowest BCUT2D eigenvalue weighted by atomic mass is 10.4. The summed E-state index contributed by atoms with van der Waals surface area (Å²) in [4.78, 5) is 19.4. The molecule has 0 atom stereocenters. The Labute approximate surface area is 94.1 Å². The molecule has 1 amide bonds. The first-order valence-electron chi connectivity index (χ1n) is 4.17. The van der Waals surface area contributed by atoms with Crippen LogP contribution in [0.15, 0.2) is 18.6 Å². The minimum Gasteiger partial charge on any atom is -0.310 e. The number of rotatable bonds is 3. The van der Waals surface area contributed by atoms with Gasteiger partial charge in [0.1, 0.15) is 10.7 Å². The summed E-state index contributed by atoms with van der Waals surface area (Å²) in [5.74, 6) is 5.07. The Kier molecular flexibility index (Phi) is 2.98. The van der Waals surface area contributed by atoms with Crippen LogP contribution >= 0.6 is 11.5 Å². The van der Waals surface area contributed by atoms with Crippen molar-refractivity contribution in [1.29, 1.82) is 0 Å². The normalized spacial score (nSPS) is 9.81. The number of hydrogen-bond donors (Lipinski definition) is 3. The summed E-state index contributed by atoms with van der Waals surface area (Å²) >= 11 is 1.07. The number of nitrogens with zero attached hydrogens (tertiary/aromatic N) is 4.